The summed E-state index contributed by atoms with van der Waals surface area (Å²) in [4.78, 5) is 0. The molecule has 2 aromatic rings. The molecule has 0 unspecified atom stereocenters. The third-order valence-electron chi connectivity index (χ3n) is 2.50. The van der Waals surface area contributed by atoms with Gasteiger partial charge in [-0.3, -0.25) is 0 Å². The standard InChI is InChI=1S/C11H12BrNO2/c12-9-1-2-11-8(5-9)3-4-13(11)10(6-14)7-15/h1-5,10,14-15H,6-7H2. The van der Waals surface area contributed by atoms with Crippen LogP contribution >= 0.6 is 15.9 Å². The van der Waals surface area contributed by atoms with Crippen molar-refractivity contribution in [2.24, 2.45) is 0 Å². The van der Waals surface area contributed by atoms with Gasteiger partial charge in [-0.15, -0.1) is 0 Å². The summed E-state index contributed by atoms with van der Waals surface area (Å²) in [6, 6.07) is 7.64. The molecule has 80 valence electrons. The molecule has 0 saturated carbocycles. The molecule has 1 heterocycles. The van der Waals surface area contributed by atoms with Crippen LogP contribution in [0.1, 0.15) is 6.04 Å². The minimum atomic E-state index is -0.260. The summed E-state index contributed by atoms with van der Waals surface area (Å²) in [6.45, 7) is -0.118. The molecule has 0 radical (unpaired) electrons. The van der Waals surface area contributed by atoms with Gasteiger partial charge in [0.05, 0.1) is 19.3 Å². The second kappa shape index (κ2) is 4.35. The first kappa shape index (κ1) is 10.7. The van der Waals surface area contributed by atoms with Gasteiger partial charge in [0.25, 0.3) is 0 Å². The zero-order chi connectivity index (χ0) is 10.8. The van der Waals surface area contributed by atoms with Gasteiger partial charge in [-0.2, -0.15) is 0 Å². The topological polar surface area (TPSA) is 45.4 Å². The van der Waals surface area contributed by atoms with Crippen molar-refractivity contribution in [3.05, 3.63) is 34.9 Å². The van der Waals surface area contributed by atoms with E-state index in [1.165, 1.54) is 0 Å². The molecule has 0 saturated heterocycles. The summed E-state index contributed by atoms with van der Waals surface area (Å²) in [5.41, 5.74) is 1.02. The summed E-state index contributed by atoms with van der Waals surface area (Å²) in [5, 5.41) is 19.3. The number of hydrogen-bond donors (Lipinski definition) is 2. The first-order chi connectivity index (χ1) is 7.26. The molecule has 0 fully saturated rings. The molecule has 0 aliphatic rings. The zero-order valence-corrected chi connectivity index (χ0v) is 9.68. The van der Waals surface area contributed by atoms with Crippen molar-refractivity contribution in [2.45, 2.75) is 6.04 Å². The number of rotatable bonds is 3. The Morgan fingerprint density at radius 1 is 1.20 bits per heavy atom. The van der Waals surface area contributed by atoms with Gasteiger partial charge >= 0.3 is 0 Å². The Kier molecular flexibility index (Phi) is 3.09. The monoisotopic (exact) mass is 269 g/mol. The molecule has 1 aromatic heterocycles. The fourth-order valence-corrected chi connectivity index (χ4v) is 2.07. The first-order valence-electron chi connectivity index (χ1n) is 4.74. The van der Waals surface area contributed by atoms with Gasteiger partial charge in [-0.25, -0.2) is 0 Å². The molecule has 2 N–H and O–H groups in total. The van der Waals surface area contributed by atoms with Gasteiger partial charge in [0, 0.05) is 21.6 Å². The second-order valence-corrected chi connectivity index (χ2v) is 4.36. The number of aliphatic hydroxyl groups excluding tert-OH is 2. The molecule has 4 heteroatoms. The molecule has 0 bridgehead atoms. The Morgan fingerprint density at radius 3 is 2.60 bits per heavy atom. The number of fused-ring (bicyclic) bond motifs is 1. The van der Waals surface area contributed by atoms with Crippen LogP contribution in [0.3, 0.4) is 0 Å². The van der Waals surface area contributed by atoms with E-state index in [9.17, 15) is 0 Å². The third-order valence-corrected chi connectivity index (χ3v) is 2.99. The van der Waals surface area contributed by atoms with E-state index in [-0.39, 0.29) is 19.3 Å². The van der Waals surface area contributed by atoms with E-state index in [0.717, 1.165) is 15.4 Å². The van der Waals surface area contributed by atoms with E-state index >= 15 is 0 Å². The summed E-state index contributed by atoms with van der Waals surface area (Å²) in [7, 11) is 0. The van der Waals surface area contributed by atoms with Gasteiger partial charge in [-0.1, -0.05) is 15.9 Å². The minimum absolute atomic E-state index is 0.0592. The first-order valence-corrected chi connectivity index (χ1v) is 5.53. The lowest BCUT2D eigenvalue weighted by Crippen LogP contribution is -2.15. The largest absolute Gasteiger partial charge is 0.394 e. The number of benzene rings is 1. The highest BCUT2D eigenvalue weighted by Gasteiger charge is 2.10. The predicted octanol–water partition coefficient (Wildman–Crippen LogP) is 1.93. The number of hydrogen-bond acceptors (Lipinski definition) is 2. The Bertz CT molecular complexity index is 463. The van der Waals surface area contributed by atoms with Gasteiger partial charge < -0.3 is 14.8 Å². The quantitative estimate of drug-likeness (QED) is 0.895. The van der Waals surface area contributed by atoms with Gasteiger partial charge in [0.15, 0.2) is 0 Å². The summed E-state index contributed by atoms with van der Waals surface area (Å²) in [5.74, 6) is 0. The van der Waals surface area contributed by atoms with E-state index in [0.29, 0.717) is 0 Å². The second-order valence-electron chi connectivity index (χ2n) is 3.45. The van der Waals surface area contributed by atoms with E-state index in [1.807, 2.05) is 35.0 Å². The number of aliphatic hydroxyl groups is 2. The highest BCUT2D eigenvalue weighted by atomic mass is 79.9. The van der Waals surface area contributed by atoms with Crippen LogP contribution in [0.5, 0.6) is 0 Å². The average molecular weight is 270 g/mol. The Hall–Kier alpha value is -0.840. The van der Waals surface area contributed by atoms with Crippen molar-refractivity contribution in [3.63, 3.8) is 0 Å². The van der Waals surface area contributed by atoms with E-state index in [4.69, 9.17) is 10.2 Å². The minimum Gasteiger partial charge on any atom is -0.394 e. The zero-order valence-electron chi connectivity index (χ0n) is 8.10. The fraction of sp³-hybridized carbons (Fsp3) is 0.273. The molecule has 1 aromatic carbocycles. The van der Waals surface area contributed by atoms with Crippen LogP contribution in [0.2, 0.25) is 0 Å². The van der Waals surface area contributed by atoms with Crippen molar-refractivity contribution in [1.82, 2.24) is 4.57 Å². The number of aromatic nitrogens is 1. The van der Waals surface area contributed by atoms with Crippen molar-refractivity contribution in [2.75, 3.05) is 13.2 Å². The number of halogens is 1. The van der Waals surface area contributed by atoms with Crippen molar-refractivity contribution in [3.8, 4) is 0 Å². The Morgan fingerprint density at radius 2 is 1.93 bits per heavy atom. The van der Waals surface area contributed by atoms with Crippen LogP contribution in [0.4, 0.5) is 0 Å². The molecule has 0 atom stereocenters. The molecular formula is C11H12BrNO2. The van der Waals surface area contributed by atoms with Gasteiger partial charge in [0.2, 0.25) is 0 Å². The lowest BCUT2D eigenvalue weighted by Gasteiger charge is -2.14. The lowest BCUT2D eigenvalue weighted by molar-refractivity contribution is 0.157. The smallest absolute Gasteiger partial charge is 0.0798 e. The molecule has 3 nitrogen and oxygen atoms in total. The van der Waals surface area contributed by atoms with Crippen LogP contribution in [0.25, 0.3) is 10.9 Å². The van der Waals surface area contributed by atoms with Crippen LogP contribution in [-0.4, -0.2) is 28.0 Å². The maximum atomic E-state index is 9.12. The van der Waals surface area contributed by atoms with E-state index in [2.05, 4.69) is 15.9 Å². The highest BCUT2D eigenvalue weighted by molar-refractivity contribution is 9.10. The van der Waals surface area contributed by atoms with E-state index in [1.54, 1.807) is 0 Å². The van der Waals surface area contributed by atoms with Crippen LogP contribution in [-0.2, 0) is 0 Å². The summed E-state index contributed by atoms with van der Waals surface area (Å²) >= 11 is 3.40. The Labute approximate surface area is 96.1 Å². The van der Waals surface area contributed by atoms with Crippen molar-refractivity contribution >= 4 is 26.8 Å². The molecule has 0 aliphatic heterocycles. The Balaban J connectivity index is 2.53. The summed E-state index contributed by atoms with van der Waals surface area (Å²) < 4.78 is 2.92. The molecule has 0 aliphatic carbocycles. The fourth-order valence-electron chi connectivity index (χ4n) is 1.69. The van der Waals surface area contributed by atoms with Crippen molar-refractivity contribution in [1.29, 1.82) is 0 Å². The molecular weight excluding hydrogens is 258 g/mol. The van der Waals surface area contributed by atoms with Crippen molar-refractivity contribution < 1.29 is 10.2 Å². The maximum Gasteiger partial charge on any atom is 0.0798 e. The average Bonchev–Trinajstić information content (AvgIpc) is 2.63. The van der Waals surface area contributed by atoms with Gasteiger partial charge in [-0.05, 0) is 24.3 Å². The normalized spacial score (nSPS) is 11.5. The van der Waals surface area contributed by atoms with Crippen LogP contribution in [0.15, 0.2) is 34.9 Å². The molecule has 2 rings (SSSR count). The maximum absolute atomic E-state index is 9.12. The van der Waals surface area contributed by atoms with Crippen LogP contribution < -0.4 is 0 Å². The van der Waals surface area contributed by atoms with Crippen LogP contribution in [0, 0.1) is 0 Å². The summed E-state index contributed by atoms with van der Waals surface area (Å²) in [6.07, 6.45) is 1.88. The SMILES string of the molecule is OCC(CO)n1ccc2cc(Br)ccc21. The van der Waals surface area contributed by atoms with E-state index < -0.39 is 0 Å². The lowest BCUT2D eigenvalue weighted by atomic mass is 10.2. The highest BCUT2D eigenvalue weighted by Crippen LogP contribution is 2.23. The number of nitrogens with zero attached hydrogens (tertiary/aromatic N) is 1. The van der Waals surface area contributed by atoms with Gasteiger partial charge in [0.1, 0.15) is 0 Å². The molecule has 0 spiro atoms. The predicted molar refractivity (Wildman–Crippen MR) is 62.8 cm³/mol. The molecule has 0 amide bonds. The molecule has 15 heavy (non-hydrogen) atoms. The third kappa shape index (κ3) is 1.93.